The van der Waals surface area contributed by atoms with Gasteiger partial charge < -0.3 is 10.2 Å². The smallest absolute Gasteiger partial charge is 0.255 e. The molecule has 0 saturated carbocycles. The predicted octanol–water partition coefficient (Wildman–Crippen LogP) is 4.22. The summed E-state index contributed by atoms with van der Waals surface area (Å²) < 4.78 is 0. The third-order valence-corrected chi connectivity index (χ3v) is 4.35. The van der Waals surface area contributed by atoms with Crippen molar-refractivity contribution in [3.8, 4) is 0 Å². The Bertz CT molecular complexity index is 737. The maximum Gasteiger partial charge on any atom is 0.255 e. The van der Waals surface area contributed by atoms with Crippen LogP contribution in [0, 0.1) is 0 Å². The number of hydrogen-bond acceptors (Lipinski definition) is 2. The zero-order valence-electron chi connectivity index (χ0n) is 13.3. The zero-order chi connectivity index (χ0) is 16.9. The number of halogens is 1. The third-order valence-electron chi connectivity index (χ3n) is 4.12. The van der Waals surface area contributed by atoms with Gasteiger partial charge in [-0.3, -0.25) is 9.59 Å². The summed E-state index contributed by atoms with van der Waals surface area (Å²) in [5.41, 5.74) is 1.80. The van der Waals surface area contributed by atoms with Crippen molar-refractivity contribution in [2.45, 2.75) is 19.3 Å². The minimum absolute atomic E-state index is 0.0578. The Morgan fingerprint density at radius 3 is 2.29 bits per heavy atom. The molecule has 0 aromatic heterocycles. The van der Waals surface area contributed by atoms with Crippen molar-refractivity contribution in [1.82, 2.24) is 4.90 Å². The molecule has 2 aromatic rings. The first-order chi connectivity index (χ1) is 11.6. The number of likely N-dealkylation sites (tertiary alicyclic amines) is 1. The highest BCUT2D eigenvalue weighted by Gasteiger charge is 2.18. The minimum Gasteiger partial charge on any atom is -0.339 e. The normalized spacial score (nSPS) is 14.3. The molecule has 2 aromatic carbocycles. The van der Waals surface area contributed by atoms with Crippen LogP contribution in [0.25, 0.3) is 0 Å². The molecular weight excluding hydrogens is 324 g/mol. The second kappa shape index (κ2) is 7.49. The molecule has 0 aliphatic carbocycles. The molecular formula is C19H19ClN2O2. The van der Waals surface area contributed by atoms with E-state index in [4.69, 9.17) is 11.6 Å². The molecule has 1 saturated heterocycles. The maximum absolute atomic E-state index is 12.4. The van der Waals surface area contributed by atoms with Gasteiger partial charge in [-0.15, -0.1) is 0 Å². The number of hydrogen-bond donors (Lipinski definition) is 1. The predicted molar refractivity (Wildman–Crippen MR) is 95.6 cm³/mol. The van der Waals surface area contributed by atoms with E-state index in [1.807, 2.05) is 4.90 Å². The van der Waals surface area contributed by atoms with Crippen LogP contribution in [0.3, 0.4) is 0 Å². The van der Waals surface area contributed by atoms with Crippen LogP contribution in [0.1, 0.15) is 40.0 Å². The highest BCUT2D eigenvalue weighted by molar-refractivity contribution is 6.31. The van der Waals surface area contributed by atoms with E-state index in [1.165, 1.54) is 6.42 Å². The van der Waals surface area contributed by atoms with Crippen LogP contribution < -0.4 is 5.32 Å². The Morgan fingerprint density at radius 1 is 0.917 bits per heavy atom. The summed E-state index contributed by atoms with van der Waals surface area (Å²) in [4.78, 5) is 26.5. The number of piperidine rings is 1. The molecule has 5 heteroatoms. The number of carbonyl (C=O) groups is 2. The van der Waals surface area contributed by atoms with Crippen LogP contribution in [0.4, 0.5) is 5.69 Å². The summed E-state index contributed by atoms with van der Waals surface area (Å²) in [5.74, 6) is -0.171. The van der Waals surface area contributed by atoms with E-state index in [9.17, 15) is 9.59 Å². The Balaban J connectivity index is 1.66. The van der Waals surface area contributed by atoms with E-state index >= 15 is 0 Å². The van der Waals surface area contributed by atoms with Gasteiger partial charge in [0.05, 0.1) is 0 Å². The summed E-state index contributed by atoms with van der Waals surface area (Å²) in [5, 5.41) is 3.33. The van der Waals surface area contributed by atoms with Gasteiger partial charge in [-0.1, -0.05) is 17.7 Å². The fourth-order valence-electron chi connectivity index (χ4n) is 2.81. The topological polar surface area (TPSA) is 49.4 Å². The Kier molecular flexibility index (Phi) is 5.16. The van der Waals surface area contributed by atoms with E-state index in [0.717, 1.165) is 25.9 Å². The van der Waals surface area contributed by atoms with Gasteiger partial charge >= 0.3 is 0 Å². The van der Waals surface area contributed by atoms with Gasteiger partial charge in [-0.05, 0) is 61.7 Å². The van der Waals surface area contributed by atoms with Crippen molar-refractivity contribution in [1.29, 1.82) is 0 Å². The quantitative estimate of drug-likeness (QED) is 0.908. The number of nitrogens with zero attached hydrogens (tertiary/aromatic N) is 1. The third kappa shape index (κ3) is 3.95. The first-order valence-electron chi connectivity index (χ1n) is 8.10. The summed E-state index contributed by atoms with van der Waals surface area (Å²) in [7, 11) is 0. The molecule has 1 N–H and O–H groups in total. The molecule has 4 nitrogen and oxygen atoms in total. The molecule has 1 fully saturated rings. The van der Waals surface area contributed by atoms with Gasteiger partial charge in [0.25, 0.3) is 11.8 Å². The summed E-state index contributed by atoms with van der Waals surface area (Å²) >= 11 is 5.90. The van der Waals surface area contributed by atoms with Gasteiger partial charge in [-0.25, -0.2) is 0 Å². The second-order valence-corrected chi connectivity index (χ2v) is 6.33. The number of benzene rings is 2. The molecule has 1 aliphatic rings. The summed E-state index contributed by atoms with van der Waals surface area (Å²) in [6, 6.07) is 13.8. The number of carbonyl (C=O) groups excluding carboxylic acids is 2. The van der Waals surface area contributed by atoms with Gasteiger partial charge in [0.15, 0.2) is 0 Å². The molecule has 1 heterocycles. The fraction of sp³-hybridized carbons (Fsp3) is 0.263. The Labute approximate surface area is 146 Å². The lowest BCUT2D eigenvalue weighted by Gasteiger charge is -2.26. The molecule has 24 heavy (non-hydrogen) atoms. The summed E-state index contributed by atoms with van der Waals surface area (Å²) in [6.45, 7) is 1.65. The lowest BCUT2D eigenvalue weighted by Crippen LogP contribution is -2.35. The van der Waals surface area contributed by atoms with Crippen molar-refractivity contribution < 1.29 is 9.59 Å². The molecule has 0 radical (unpaired) electrons. The molecule has 0 atom stereocenters. The maximum atomic E-state index is 12.4. The number of nitrogens with one attached hydrogen (secondary N) is 1. The highest BCUT2D eigenvalue weighted by atomic mass is 35.5. The lowest BCUT2D eigenvalue weighted by atomic mass is 10.1. The zero-order valence-corrected chi connectivity index (χ0v) is 14.1. The van der Waals surface area contributed by atoms with Crippen LogP contribution >= 0.6 is 11.6 Å². The van der Waals surface area contributed by atoms with Crippen molar-refractivity contribution in [3.05, 3.63) is 64.7 Å². The molecule has 3 rings (SSSR count). The molecule has 124 valence electrons. The van der Waals surface area contributed by atoms with Crippen LogP contribution in [0.2, 0.25) is 5.02 Å². The second-order valence-electron chi connectivity index (χ2n) is 5.89. The van der Waals surface area contributed by atoms with Crippen LogP contribution in [0.15, 0.2) is 48.5 Å². The standard InChI is InChI=1S/C19H19ClN2O2/c20-16-6-4-5-15(13-16)18(23)21-17-9-7-14(8-10-17)19(24)22-11-2-1-3-12-22/h4-10,13H,1-3,11-12H2,(H,21,23). The van der Waals surface area contributed by atoms with E-state index in [1.54, 1.807) is 48.5 Å². The number of anilines is 1. The van der Waals surface area contributed by atoms with E-state index < -0.39 is 0 Å². The molecule has 2 amide bonds. The van der Waals surface area contributed by atoms with Gasteiger partial charge in [0, 0.05) is 34.9 Å². The monoisotopic (exact) mass is 342 g/mol. The molecule has 1 aliphatic heterocycles. The average molecular weight is 343 g/mol. The Hall–Kier alpha value is -2.33. The fourth-order valence-corrected chi connectivity index (χ4v) is 3.00. The first-order valence-corrected chi connectivity index (χ1v) is 8.47. The van der Waals surface area contributed by atoms with Crippen LogP contribution in [0.5, 0.6) is 0 Å². The lowest BCUT2D eigenvalue weighted by molar-refractivity contribution is 0.0724. The molecule has 0 spiro atoms. The molecule has 0 unspecified atom stereocenters. The number of amides is 2. The van der Waals surface area contributed by atoms with Gasteiger partial charge in [0.1, 0.15) is 0 Å². The van der Waals surface area contributed by atoms with Crippen LogP contribution in [-0.4, -0.2) is 29.8 Å². The van der Waals surface area contributed by atoms with Crippen molar-refractivity contribution in [3.63, 3.8) is 0 Å². The largest absolute Gasteiger partial charge is 0.339 e. The number of rotatable bonds is 3. The van der Waals surface area contributed by atoms with Crippen LogP contribution in [-0.2, 0) is 0 Å². The minimum atomic E-state index is -0.229. The summed E-state index contributed by atoms with van der Waals surface area (Å²) in [6.07, 6.45) is 3.33. The van der Waals surface area contributed by atoms with E-state index in [0.29, 0.717) is 21.8 Å². The van der Waals surface area contributed by atoms with Gasteiger partial charge in [-0.2, -0.15) is 0 Å². The van der Waals surface area contributed by atoms with Crippen molar-refractivity contribution >= 4 is 29.1 Å². The van der Waals surface area contributed by atoms with Gasteiger partial charge in [0.2, 0.25) is 0 Å². The van der Waals surface area contributed by atoms with E-state index in [-0.39, 0.29) is 11.8 Å². The average Bonchev–Trinajstić information content (AvgIpc) is 2.62. The SMILES string of the molecule is O=C(Nc1ccc(C(=O)N2CCCCC2)cc1)c1cccc(Cl)c1. The highest BCUT2D eigenvalue weighted by Crippen LogP contribution is 2.17. The van der Waals surface area contributed by atoms with Crippen molar-refractivity contribution in [2.75, 3.05) is 18.4 Å². The first kappa shape index (κ1) is 16.5. The Morgan fingerprint density at radius 2 is 1.62 bits per heavy atom. The van der Waals surface area contributed by atoms with E-state index in [2.05, 4.69) is 5.32 Å². The molecule has 0 bridgehead atoms. The van der Waals surface area contributed by atoms with Crippen molar-refractivity contribution in [2.24, 2.45) is 0 Å².